The summed E-state index contributed by atoms with van der Waals surface area (Å²) in [5.41, 5.74) is 0. The first-order valence-electron chi connectivity index (χ1n) is 6.63. The second-order valence-corrected chi connectivity index (χ2v) is 4.74. The van der Waals surface area contributed by atoms with E-state index in [0.29, 0.717) is 13.2 Å². The van der Waals surface area contributed by atoms with Gasteiger partial charge in [0, 0.05) is 25.7 Å². The minimum atomic E-state index is 0.00745. The summed E-state index contributed by atoms with van der Waals surface area (Å²) in [6.07, 6.45) is 1.05. The van der Waals surface area contributed by atoms with E-state index in [4.69, 9.17) is 4.74 Å². The van der Waals surface area contributed by atoms with Crippen LogP contribution in [-0.4, -0.2) is 62.8 Å². The van der Waals surface area contributed by atoms with Gasteiger partial charge in [-0.1, -0.05) is 6.92 Å². The molecule has 5 nitrogen and oxygen atoms in total. The Balaban J connectivity index is 1.92. The number of hydrogen-bond acceptors (Lipinski definition) is 4. The Morgan fingerprint density at radius 3 is 3.12 bits per heavy atom. The number of ether oxygens (including phenoxy) is 1. The number of amides is 1. The molecular formula is C12H23N3O2. The standard InChI is InChI=1S/C12H23N3O2/c1-2-14-11-9-17-8-10(11)12(16)15-6-3-4-13-5-7-15/h10-11,13-14H,2-9H2,1H3. The summed E-state index contributed by atoms with van der Waals surface area (Å²) in [4.78, 5) is 14.4. The van der Waals surface area contributed by atoms with Crippen molar-refractivity contribution in [3.05, 3.63) is 0 Å². The Hall–Kier alpha value is -0.650. The zero-order chi connectivity index (χ0) is 12.1. The molecular weight excluding hydrogens is 218 g/mol. The molecule has 2 heterocycles. The molecule has 0 aliphatic carbocycles. The van der Waals surface area contributed by atoms with Gasteiger partial charge in [-0.2, -0.15) is 0 Å². The second-order valence-electron chi connectivity index (χ2n) is 4.74. The van der Waals surface area contributed by atoms with Crippen LogP contribution in [0.4, 0.5) is 0 Å². The number of rotatable bonds is 3. The van der Waals surface area contributed by atoms with E-state index in [2.05, 4.69) is 17.6 Å². The monoisotopic (exact) mass is 241 g/mol. The summed E-state index contributed by atoms with van der Waals surface area (Å²) in [7, 11) is 0. The van der Waals surface area contributed by atoms with Crippen LogP contribution in [-0.2, 0) is 9.53 Å². The van der Waals surface area contributed by atoms with Crippen LogP contribution in [0.15, 0.2) is 0 Å². The Kier molecular flexibility index (Phi) is 4.76. The van der Waals surface area contributed by atoms with Crippen molar-refractivity contribution in [3.8, 4) is 0 Å². The lowest BCUT2D eigenvalue weighted by Crippen LogP contribution is -2.46. The maximum Gasteiger partial charge on any atom is 0.229 e. The van der Waals surface area contributed by atoms with Crippen molar-refractivity contribution in [1.29, 1.82) is 0 Å². The predicted molar refractivity (Wildman–Crippen MR) is 65.8 cm³/mol. The van der Waals surface area contributed by atoms with Crippen molar-refractivity contribution in [1.82, 2.24) is 15.5 Å². The third kappa shape index (κ3) is 3.18. The van der Waals surface area contributed by atoms with Crippen molar-refractivity contribution in [2.24, 2.45) is 5.92 Å². The van der Waals surface area contributed by atoms with Gasteiger partial charge >= 0.3 is 0 Å². The molecule has 0 aromatic rings. The number of nitrogens with zero attached hydrogens (tertiary/aromatic N) is 1. The van der Waals surface area contributed by atoms with Crippen molar-refractivity contribution >= 4 is 5.91 Å². The normalized spacial score (nSPS) is 30.3. The van der Waals surface area contributed by atoms with E-state index in [9.17, 15) is 4.79 Å². The fraction of sp³-hybridized carbons (Fsp3) is 0.917. The van der Waals surface area contributed by atoms with Crippen molar-refractivity contribution in [3.63, 3.8) is 0 Å². The molecule has 5 heteroatoms. The molecule has 0 bridgehead atoms. The summed E-state index contributed by atoms with van der Waals surface area (Å²) in [5, 5.41) is 6.66. The Bertz CT molecular complexity index is 252. The average molecular weight is 241 g/mol. The first-order valence-corrected chi connectivity index (χ1v) is 6.63. The van der Waals surface area contributed by atoms with Crippen LogP contribution < -0.4 is 10.6 Å². The molecule has 98 valence electrons. The highest BCUT2D eigenvalue weighted by Crippen LogP contribution is 2.17. The maximum atomic E-state index is 12.4. The summed E-state index contributed by atoms with van der Waals surface area (Å²) in [5.74, 6) is 0.269. The summed E-state index contributed by atoms with van der Waals surface area (Å²) in [6, 6.07) is 0.198. The minimum Gasteiger partial charge on any atom is -0.379 e. The largest absolute Gasteiger partial charge is 0.379 e. The first kappa shape index (κ1) is 12.8. The van der Waals surface area contributed by atoms with Gasteiger partial charge in [-0.25, -0.2) is 0 Å². The van der Waals surface area contributed by atoms with Gasteiger partial charge in [0.15, 0.2) is 0 Å². The van der Waals surface area contributed by atoms with Gasteiger partial charge in [0.1, 0.15) is 0 Å². The predicted octanol–water partition coefficient (Wildman–Crippen LogP) is -0.567. The molecule has 2 rings (SSSR count). The third-order valence-electron chi connectivity index (χ3n) is 3.52. The number of carbonyl (C=O) groups is 1. The molecule has 2 atom stereocenters. The number of carbonyl (C=O) groups excluding carboxylic acids is 1. The molecule has 0 saturated carbocycles. The topological polar surface area (TPSA) is 53.6 Å². The summed E-state index contributed by atoms with van der Waals surface area (Å²) >= 11 is 0. The highest BCUT2D eigenvalue weighted by Gasteiger charge is 2.36. The van der Waals surface area contributed by atoms with Crippen LogP contribution >= 0.6 is 0 Å². The van der Waals surface area contributed by atoms with Gasteiger partial charge in [-0.3, -0.25) is 4.79 Å². The van der Waals surface area contributed by atoms with Crippen molar-refractivity contribution < 1.29 is 9.53 Å². The quantitative estimate of drug-likeness (QED) is 0.695. The molecule has 2 aliphatic heterocycles. The first-order chi connectivity index (χ1) is 8.33. The zero-order valence-electron chi connectivity index (χ0n) is 10.6. The molecule has 2 aliphatic rings. The van der Waals surface area contributed by atoms with Crippen LogP contribution in [0.5, 0.6) is 0 Å². The lowest BCUT2D eigenvalue weighted by molar-refractivity contribution is -0.135. The van der Waals surface area contributed by atoms with Crippen molar-refractivity contribution in [2.45, 2.75) is 19.4 Å². The number of nitrogens with one attached hydrogen (secondary N) is 2. The van der Waals surface area contributed by atoms with Crippen LogP contribution in [0.3, 0.4) is 0 Å². The molecule has 2 unspecified atom stereocenters. The van der Waals surface area contributed by atoms with Gasteiger partial charge < -0.3 is 20.3 Å². The maximum absolute atomic E-state index is 12.4. The van der Waals surface area contributed by atoms with E-state index >= 15 is 0 Å². The summed E-state index contributed by atoms with van der Waals surface area (Å²) in [6.45, 7) is 7.81. The lowest BCUT2D eigenvalue weighted by Gasteiger charge is -2.26. The Morgan fingerprint density at radius 1 is 1.41 bits per heavy atom. The third-order valence-corrected chi connectivity index (χ3v) is 3.52. The van der Waals surface area contributed by atoms with Crippen LogP contribution in [0.25, 0.3) is 0 Å². The zero-order valence-corrected chi connectivity index (χ0v) is 10.6. The number of hydrogen-bond donors (Lipinski definition) is 2. The SMILES string of the molecule is CCNC1COCC1C(=O)N1CCCNCC1. The molecule has 2 fully saturated rings. The molecule has 0 spiro atoms. The molecule has 2 N–H and O–H groups in total. The van der Waals surface area contributed by atoms with E-state index in [1.54, 1.807) is 0 Å². The smallest absolute Gasteiger partial charge is 0.229 e. The molecule has 2 saturated heterocycles. The van der Waals surface area contributed by atoms with Gasteiger partial charge in [0.05, 0.1) is 19.1 Å². The average Bonchev–Trinajstić information content (AvgIpc) is 2.63. The van der Waals surface area contributed by atoms with Crippen LogP contribution in [0, 0.1) is 5.92 Å². The Morgan fingerprint density at radius 2 is 2.29 bits per heavy atom. The van der Waals surface area contributed by atoms with Gasteiger partial charge in [-0.15, -0.1) is 0 Å². The minimum absolute atomic E-state index is 0.00745. The van der Waals surface area contributed by atoms with E-state index in [-0.39, 0.29) is 17.9 Å². The van der Waals surface area contributed by atoms with E-state index in [1.807, 2.05) is 4.90 Å². The van der Waals surface area contributed by atoms with Gasteiger partial charge in [0.25, 0.3) is 0 Å². The molecule has 17 heavy (non-hydrogen) atoms. The van der Waals surface area contributed by atoms with Crippen LogP contribution in [0.2, 0.25) is 0 Å². The fourth-order valence-electron chi connectivity index (χ4n) is 2.56. The fourth-order valence-corrected chi connectivity index (χ4v) is 2.56. The van der Waals surface area contributed by atoms with Crippen LogP contribution in [0.1, 0.15) is 13.3 Å². The Labute approximate surface area is 103 Å². The highest BCUT2D eigenvalue weighted by molar-refractivity contribution is 5.80. The van der Waals surface area contributed by atoms with E-state index in [1.165, 1.54) is 0 Å². The highest BCUT2D eigenvalue weighted by atomic mass is 16.5. The number of likely N-dealkylation sites (N-methyl/N-ethyl adjacent to an activating group) is 1. The molecule has 0 radical (unpaired) electrons. The van der Waals surface area contributed by atoms with Crippen molar-refractivity contribution in [2.75, 3.05) is 45.9 Å². The summed E-state index contributed by atoms with van der Waals surface area (Å²) < 4.78 is 5.44. The van der Waals surface area contributed by atoms with Gasteiger partial charge in [0.2, 0.25) is 5.91 Å². The van der Waals surface area contributed by atoms with E-state index < -0.39 is 0 Å². The molecule has 1 amide bonds. The lowest BCUT2D eigenvalue weighted by atomic mass is 10.0. The van der Waals surface area contributed by atoms with E-state index in [0.717, 1.165) is 39.1 Å². The molecule has 0 aromatic heterocycles. The second kappa shape index (κ2) is 6.33. The molecule has 0 aromatic carbocycles. The van der Waals surface area contributed by atoms with Gasteiger partial charge in [-0.05, 0) is 19.5 Å².